The van der Waals surface area contributed by atoms with Crippen LogP contribution in [0.4, 0.5) is 5.69 Å². The van der Waals surface area contributed by atoms with Gasteiger partial charge in [0.25, 0.3) is 5.91 Å². The number of allylic oxidation sites excluding steroid dienone is 1. The molecule has 1 heterocycles. The van der Waals surface area contributed by atoms with E-state index in [-0.39, 0.29) is 17.2 Å². The number of rotatable bonds is 5. The summed E-state index contributed by atoms with van der Waals surface area (Å²) in [6.07, 6.45) is 2.56. The third-order valence-corrected chi connectivity index (χ3v) is 4.06. The number of amides is 3. The fraction of sp³-hybridized carbons (Fsp3) is 0.263. The molecule has 1 aliphatic heterocycles. The highest BCUT2D eigenvalue weighted by molar-refractivity contribution is 6.15. The Morgan fingerprint density at radius 1 is 1.23 bits per heavy atom. The van der Waals surface area contributed by atoms with Gasteiger partial charge in [0.15, 0.2) is 5.78 Å². The predicted octanol–water partition coefficient (Wildman–Crippen LogP) is 1.54. The van der Waals surface area contributed by atoms with E-state index in [9.17, 15) is 19.2 Å². The van der Waals surface area contributed by atoms with Crippen LogP contribution < -0.4 is 16.0 Å². The van der Waals surface area contributed by atoms with Gasteiger partial charge in [0.1, 0.15) is 11.7 Å². The SMILES string of the molecule is C=CC(C)(C)C(=O)Nc1ccccc1C(=O)/C=C1\NC(=O)C(C)NC1=O. The molecule has 7 heteroatoms. The number of ketones is 1. The number of benzene rings is 1. The second kappa shape index (κ2) is 7.35. The monoisotopic (exact) mass is 355 g/mol. The number of hydrogen-bond acceptors (Lipinski definition) is 4. The third kappa shape index (κ3) is 4.05. The zero-order chi connectivity index (χ0) is 19.5. The lowest BCUT2D eigenvalue weighted by molar-refractivity contribution is -0.130. The molecule has 1 fully saturated rings. The first-order valence-electron chi connectivity index (χ1n) is 8.07. The zero-order valence-electron chi connectivity index (χ0n) is 14.9. The maximum Gasteiger partial charge on any atom is 0.268 e. The van der Waals surface area contributed by atoms with Gasteiger partial charge in [-0.3, -0.25) is 19.2 Å². The second-order valence-electron chi connectivity index (χ2n) is 6.53. The molecule has 0 radical (unpaired) electrons. The number of carbonyl (C=O) groups is 4. The van der Waals surface area contributed by atoms with Gasteiger partial charge in [-0.2, -0.15) is 0 Å². The molecule has 1 atom stereocenters. The van der Waals surface area contributed by atoms with Gasteiger partial charge in [-0.1, -0.05) is 18.2 Å². The number of carbonyl (C=O) groups excluding carboxylic acids is 4. The predicted molar refractivity (Wildman–Crippen MR) is 97.2 cm³/mol. The van der Waals surface area contributed by atoms with Crippen molar-refractivity contribution < 1.29 is 19.2 Å². The van der Waals surface area contributed by atoms with Crippen molar-refractivity contribution in [2.75, 3.05) is 5.32 Å². The molecule has 26 heavy (non-hydrogen) atoms. The van der Waals surface area contributed by atoms with E-state index < -0.39 is 29.1 Å². The van der Waals surface area contributed by atoms with E-state index in [0.29, 0.717) is 5.69 Å². The summed E-state index contributed by atoms with van der Waals surface area (Å²) in [4.78, 5) is 48.5. The minimum Gasteiger partial charge on any atom is -0.339 e. The average Bonchev–Trinajstić information content (AvgIpc) is 2.60. The van der Waals surface area contributed by atoms with Crippen LogP contribution in [-0.2, 0) is 14.4 Å². The van der Waals surface area contributed by atoms with Crippen molar-refractivity contribution >= 4 is 29.2 Å². The van der Waals surface area contributed by atoms with E-state index in [2.05, 4.69) is 22.5 Å². The molecule has 0 aromatic heterocycles. The maximum atomic E-state index is 12.6. The molecule has 3 amide bonds. The number of piperazine rings is 1. The Morgan fingerprint density at radius 3 is 2.54 bits per heavy atom. The molecular weight excluding hydrogens is 334 g/mol. The Morgan fingerprint density at radius 2 is 1.88 bits per heavy atom. The molecule has 2 rings (SSSR count). The first-order valence-corrected chi connectivity index (χ1v) is 8.07. The van der Waals surface area contributed by atoms with E-state index in [1.165, 1.54) is 19.1 Å². The van der Waals surface area contributed by atoms with Crippen LogP contribution in [0.15, 0.2) is 48.7 Å². The van der Waals surface area contributed by atoms with Crippen molar-refractivity contribution in [3.8, 4) is 0 Å². The lowest BCUT2D eigenvalue weighted by Crippen LogP contribution is -2.53. The summed E-state index contributed by atoms with van der Waals surface area (Å²) in [5.41, 5.74) is -0.438. The molecule has 1 saturated heterocycles. The van der Waals surface area contributed by atoms with Crippen molar-refractivity contribution in [3.63, 3.8) is 0 Å². The molecule has 3 N–H and O–H groups in total. The summed E-state index contributed by atoms with van der Waals surface area (Å²) in [6, 6.07) is 5.77. The van der Waals surface area contributed by atoms with E-state index in [0.717, 1.165) is 6.08 Å². The minimum atomic E-state index is -0.817. The fourth-order valence-corrected chi connectivity index (χ4v) is 2.13. The first-order chi connectivity index (χ1) is 12.2. The average molecular weight is 355 g/mol. The Balaban J connectivity index is 2.29. The van der Waals surface area contributed by atoms with E-state index in [1.54, 1.807) is 32.0 Å². The molecular formula is C19H21N3O4. The summed E-state index contributed by atoms with van der Waals surface area (Å²) in [5, 5.41) is 7.56. The van der Waals surface area contributed by atoms with Crippen molar-refractivity contribution in [1.82, 2.24) is 10.6 Å². The van der Waals surface area contributed by atoms with Gasteiger partial charge >= 0.3 is 0 Å². The van der Waals surface area contributed by atoms with Crippen LogP contribution in [0, 0.1) is 5.41 Å². The van der Waals surface area contributed by atoms with Crippen LogP contribution in [0.3, 0.4) is 0 Å². The Kier molecular flexibility index (Phi) is 5.40. The fourth-order valence-electron chi connectivity index (χ4n) is 2.13. The van der Waals surface area contributed by atoms with Crippen molar-refractivity contribution in [2.45, 2.75) is 26.8 Å². The van der Waals surface area contributed by atoms with Crippen LogP contribution >= 0.6 is 0 Å². The lowest BCUT2D eigenvalue weighted by atomic mass is 9.92. The van der Waals surface area contributed by atoms with Gasteiger partial charge in [-0.25, -0.2) is 0 Å². The summed E-state index contributed by atoms with van der Waals surface area (Å²) in [5.74, 6) is -1.78. The van der Waals surface area contributed by atoms with Gasteiger partial charge in [0, 0.05) is 11.6 Å². The summed E-state index contributed by atoms with van der Waals surface area (Å²) in [7, 11) is 0. The molecule has 1 aromatic carbocycles. The highest BCUT2D eigenvalue weighted by atomic mass is 16.2. The molecule has 1 aromatic rings. The summed E-state index contributed by atoms with van der Waals surface area (Å²) >= 11 is 0. The minimum absolute atomic E-state index is 0.134. The zero-order valence-corrected chi connectivity index (χ0v) is 14.9. The number of hydrogen-bond donors (Lipinski definition) is 3. The second-order valence-corrected chi connectivity index (χ2v) is 6.53. The summed E-state index contributed by atoms with van der Waals surface area (Å²) < 4.78 is 0. The van der Waals surface area contributed by atoms with Crippen molar-refractivity contribution in [1.29, 1.82) is 0 Å². The first kappa shape index (κ1) is 19.1. The molecule has 0 bridgehead atoms. The largest absolute Gasteiger partial charge is 0.339 e. The Bertz CT molecular complexity index is 824. The molecule has 1 unspecified atom stereocenters. The summed E-state index contributed by atoms with van der Waals surface area (Å²) in [6.45, 7) is 8.57. The van der Waals surface area contributed by atoms with Crippen molar-refractivity contribution in [3.05, 3.63) is 54.3 Å². The van der Waals surface area contributed by atoms with Crippen LogP contribution in [0.2, 0.25) is 0 Å². The molecule has 0 saturated carbocycles. The highest BCUT2D eigenvalue weighted by Gasteiger charge is 2.28. The molecule has 0 spiro atoms. The van der Waals surface area contributed by atoms with Crippen LogP contribution in [-0.4, -0.2) is 29.5 Å². The van der Waals surface area contributed by atoms with Crippen LogP contribution in [0.1, 0.15) is 31.1 Å². The highest BCUT2D eigenvalue weighted by Crippen LogP contribution is 2.22. The Hall–Kier alpha value is -3.22. The van der Waals surface area contributed by atoms with E-state index in [4.69, 9.17) is 0 Å². The third-order valence-electron chi connectivity index (χ3n) is 4.06. The lowest BCUT2D eigenvalue weighted by Gasteiger charge is -2.22. The van der Waals surface area contributed by atoms with E-state index >= 15 is 0 Å². The smallest absolute Gasteiger partial charge is 0.268 e. The molecule has 7 nitrogen and oxygen atoms in total. The van der Waals surface area contributed by atoms with Gasteiger partial charge < -0.3 is 16.0 Å². The molecule has 1 aliphatic rings. The topological polar surface area (TPSA) is 104 Å². The molecule has 136 valence electrons. The maximum absolute atomic E-state index is 12.6. The number of nitrogens with one attached hydrogen (secondary N) is 3. The van der Waals surface area contributed by atoms with Gasteiger partial charge in [0.2, 0.25) is 11.8 Å². The standard InChI is InChI=1S/C19H21N3O4/c1-5-19(3,4)18(26)22-13-9-7-6-8-12(13)15(23)10-14-17(25)20-11(2)16(24)21-14/h5-11H,1H2,2-4H3,(H,20,25)(H,21,24)(H,22,26)/b14-10-. The van der Waals surface area contributed by atoms with Gasteiger partial charge in [-0.05, 0) is 32.9 Å². The Labute approximate surface area is 151 Å². The van der Waals surface area contributed by atoms with Crippen molar-refractivity contribution in [2.24, 2.45) is 5.41 Å². The normalized spacial score (nSPS) is 18.7. The van der Waals surface area contributed by atoms with Gasteiger partial charge in [0.05, 0.1) is 11.1 Å². The van der Waals surface area contributed by atoms with Crippen LogP contribution in [0.5, 0.6) is 0 Å². The quantitative estimate of drug-likeness (QED) is 0.423. The molecule has 0 aliphatic carbocycles. The number of anilines is 1. The van der Waals surface area contributed by atoms with Gasteiger partial charge in [-0.15, -0.1) is 6.58 Å². The number of para-hydroxylation sites is 1. The van der Waals surface area contributed by atoms with E-state index in [1.807, 2.05) is 0 Å². The van der Waals surface area contributed by atoms with Crippen LogP contribution in [0.25, 0.3) is 0 Å².